The molecule has 1 aliphatic rings. The summed E-state index contributed by atoms with van der Waals surface area (Å²) in [5, 5.41) is 3.48. The number of unbranched alkanes of at least 4 members (excludes halogenated alkanes) is 9. The van der Waals surface area contributed by atoms with E-state index in [-0.39, 0.29) is 0 Å². The number of nitrogens with one attached hydrogen (secondary N) is 1. The van der Waals surface area contributed by atoms with E-state index in [1.807, 2.05) is 0 Å². The average molecular weight is 298 g/mol. The zero-order valence-electron chi connectivity index (χ0n) is 14.7. The van der Waals surface area contributed by atoms with Crippen molar-refractivity contribution in [3.8, 4) is 0 Å². The Labute approximate surface area is 133 Å². The zero-order chi connectivity index (χ0) is 15.2. The maximum Gasteiger partial charge on any atom is 0.0727 e. The van der Waals surface area contributed by atoms with E-state index >= 15 is 0 Å². The monoisotopic (exact) mass is 297 g/mol. The fraction of sp³-hybridized carbons (Fsp3) is 1.00. The first kappa shape index (κ1) is 19.0. The highest BCUT2D eigenvalue weighted by Crippen LogP contribution is 2.19. The van der Waals surface area contributed by atoms with Crippen LogP contribution in [0.25, 0.3) is 0 Å². The Balaban J connectivity index is 1.90. The summed E-state index contributed by atoms with van der Waals surface area (Å²) in [7, 11) is 2.10. The van der Waals surface area contributed by atoms with E-state index in [2.05, 4.69) is 19.3 Å². The van der Waals surface area contributed by atoms with Gasteiger partial charge in [-0.05, 0) is 32.7 Å². The lowest BCUT2D eigenvalue weighted by Crippen LogP contribution is -2.41. The number of rotatable bonds is 13. The van der Waals surface area contributed by atoms with E-state index in [9.17, 15) is 0 Å². The van der Waals surface area contributed by atoms with Crippen molar-refractivity contribution in [3.05, 3.63) is 0 Å². The van der Waals surface area contributed by atoms with Crippen LogP contribution in [-0.2, 0) is 4.74 Å². The molecule has 0 amide bonds. The molecule has 21 heavy (non-hydrogen) atoms. The van der Waals surface area contributed by atoms with Crippen LogP contribution in [0.2, 0.25) is 0 Å². The highest BCUT2D eigenvalue weighted by molar-refractivity contribution is 4.78. The largest absolute Gasteiger partial charge is 0.377 e. The van der Waals surface area contributed by atoms with Crippen LogP contribution < -0.4 is 5.32 Å². The third kappa shape index (κ3) is 9.52. The predicted octanol–water partition coefficient (Wildman–Crippen LogP) is 5.45. The van der Waals surface area contributed by atoms with Gasteiger partial charge in [0.2, 0.25) is 0 Å². The summed E-state index contributed by atoms with van der Waals surface area (Å²) in [4.78, 5) is 0. The van der Waals surface area contributed by atoms with E-state index in [1.165, 1.54) is 89.9 Å². The Morgan fingerprint density at radius 2 is 1.52 bits per heavy atom. The van der Waals surface area contributed by atoms with Crippen molar-refractivity contribution in [2.45, 2.75) is 109 Å². The fourth-order valence-corrected chi connectivity index (χ4v) is 3.45. The summed E-state index contributed by atoms with van der Waals surface area (Å²) in [5.41, 5.74) is 0. The Hall–Kier alpha value is -0.0800. The van der Waals surface area contributed by atoms with Crippen molar-refractivity contribution in [2.24, 2.45) is 0 Å². The van der Waals surface area contributed by atoms with Gasteiger partial charge in [-0.1, -0.05) is 71.1 Å². The molecule has 2 heteroatoms. The van der Waals surface area contributed by atoms with Crippen LogP contribution >= 0.6 is 0 Å². The van der Waals surface area contributed by atoms with E-state index in [1.54, 1.807) is 0 Å². The summed E-state index contributed by atoms with van der Waals surface area (Å²) < 4.78 is 5.91. The Bertz CT molecular complexity index is 214. The van der Waals surface area contributed by atoms with Crippen LogP contribution in [0.5, 0.6) is 0 Å². The lowest BCUT2D eigenvalue weighted by Gasteiger charge is -2.30. The van der Waals surface area contributed by atoms with Crippen LogP contribution in [0.1, 0.15) is 96.8 Å². The first-order valence-electron chi connectivity index (χ1n) is 9.67. The van der Waals surface area contributed by atoms with Crippen LogP contribution in [-0.4, -0.2) is 25.8 Å². The second kappa shape index (κ2) is 13.6. The van der Waals surface area contributed by atoms with Gasteiger partial charge < -0.3 is 10.1 Å². The minimum Gasteiger partial charge on any atom is -0.377 e. The van der Waals surface area contributed by atoms with Crippen molar-refractivity contribution in [3.63, 3.8) is 0 Å². The number of hydrogen-bond donors (Lipinski definition) is 1. The summed E-state index contributed by atoms with van der Waals surface area (Å²) >= 11 is 0. The Morgan fingerprint density at radius 1 is 0.905 bits per heavy atom. The topological polar surface area (TPSA) is 21.3 Å². The van der Waals surface area contributed by atoms with Gasteiger partial charge >= 0.3 is 0 Å². The van der Waals surface area contributed by atoms with E-state index in [4.69, 9.17) is 4.74 Å². The standard InChI is InChI=1S/C19H39NO/c1-3-4-5-6-7-8-9-10-11-12-15-18(20-2)19-16-13-14-17-21-19/h18-20H,3-17H2,1-2H3. The molecule has 2 nitrogen and oxygen atoms in total. The van der Waals surface area contributed by atoms with Gasteiger partial charge in [0.05, 0.1) is 6.10 Å². The van der Waals surface area contributed by atoms with Gasteiger partial charge in [0.1, 0.15) is 0 Å². The molecule has 0 aromatic carbocycles. The van der Waals surface area contributed by atoms with Crippen molar-refractivity contribution in [1.82, 2.24) is 5.32 Å². The summed E-state index contributed by atoms with van der Waals surface area (Å²) in [6, 6.07) is 0.583. The molecule has 1 aliphatic heterocycles. The van der Waals surface area contributed by atoms with Gasteiger partial charge in [0.15, 0.2) is 0 Å². The van der Waals surface area contributed by atoms with Crippen LogP contribution in [0.4, 0.5) is 0 Å². The van der Waals surface area contributed by atoms with Crippen molar-refractivity contribution in [1.29, 1.82) is 0 Å². The van der Waals surface area contributed by atoms with E-state index < -0.39 is 0 Å². The molecule has 1 heterocycles. The molecule has 0 spiro atoms. The molecule has 126 valence electrons. The summed E-state index contributed by atoms with van der Waals surface area (Å²) in [6.07, 6.45) is 19.8. The zero-order valence-corrected chi connectivity index (χ0v) is 14.7. The lowest BCUT2D eigenvalue weighted by molar-refractivity contribution is -0.00816. The second-order valence-electron chi connectivity index (χ2n) is 6.77. The van der Waals surface area contributed by atoms with Crippen LogP contribution in [0.3, 0.4) is 0 Å². The molecule has 2 atom stereocenters. The van der Waals surface area contributed by atoms with Gasteiger partial charge in [-0.2, -0.15) is 0 Å². The quantitative estimate of drug-likeness (QED) is 0.456. The van der Waals surface area contributed by atoms with Gasteiger partial charge in [0.25, 0.3) is 0 Å². The van der Waals surface area contributed by atoms with Gasteiger partial charge in [-0.25, -0.2) is 0 Å². The molecule has 0 saturated carbocycles. The average Bonchev–Trinajstić information content (AvgIpc) is 2.54. The predicted molar refractivity (Wildman–Crippen MR) is 92.9 cm³/mol. The number of ether oxygens (including phenoxy) is 1. The highest BCUT2D eigenvalue weighted by Gasteiger charge is 2.22. The second-order valence-corrected chi connectivity index (χ2v) is 6.77. The number of hydrogen-bond acceptors (Lipinski definition) is 2. The summed E-state index contributed by atoms with van der Waals surface area (Å²) in [6.45, 7) is 3.26. The van der Waals surface area contributed by atoms with Crippen LogP contribution in [0.15, 0.2) is 0 Å². The maximum atomic E-state index is 5.91. The van der Waals surface area contributed by atoms with Gasteiger partial charge in [0, 0.05) is 12.6 Å². The smallest absolute Gasteiger partial charge is 0.0727 e. The Kier molecular flexibility index (Phi) is 12.3. The van der Waals surface area contributed by atoms with Crippen LogP contribution in [0, 0.1) is 0 Å². The van der Waals surface area contributed by atoms with Crippen molar-refractivity contribution in [2.75, 3.05) is 13.7 Å². The minimum absolute atomic E-state index is 0.474. The summed E-state index contributed by atoms with van der Waals surface area (Å²) in [5.74, 6) is 0. The molecule has 1 saturated heterocycles. The minimum atomic E-state index is 0.474. The normalized spacial score (nSPS) is 20.6. The van der Waals surface area contributed by atoms with E-state index in [0.717, 1.165) is 6.61 Å². The van der Waals surface area contributed by atoms with Gasteiger partial charge in [-0.15, -0.1) is 0 Å². The van der Waals surface area contributed by atoms with Crippen molar-refractivity contribution < 1.29 is 4.74 Å². The molecule has 1 N–H and O–H groups in total. The first-order chi connectivity index (χ1) is 10.4. The SMILES string of the molecule is CCCCCCCCCCCCC(NC)C1CCCCO1. The third-order valence-electron chi connectivity index (χ3n) is 4.90. The fourth-order valence-electron chi connectivity index (χ4n) is 3.45. The molecule has 0 aromatic rings. The molecule has 1 rings (SSSR count). The molecule has 0 bridgehead atoms. The molecule has 1 fully saturated rings. The molecule has 0 aromatic heterocycles. The lowest BCUT2D eigenvalue weighted by atomic mass is 9.97. The van der Waals surface area contributed by atoms with E-state index in [0.29, 0.717) is 12.1 Å². The molecule has 0 aliphatic carbocycles. The molecule has 0 radical (unpaired) electrons. The number of likely N-dealkylation sites (N-methyl/N-ethyl adjacent to an activating group) is 1. The first-order valence-corrected chi connectivity index (χ1v) is 9.67. The molecular weight excluding hydrogens is 258 g/mol. The third-order valence-corrected chi connectivity index (χ3v) is 4.90. The van der Waals surface area contributed by atoms with Crippen molar-refractivity contribution >= 4 is 0 Å². The molecule has 2 unspecified atom stereocenters. The van der Waals surface area contributed by atoms with Gasteiger partial charge in [-0.3, -0.25) is 0 Å². The maximum absolute atomic E-state index is 5.91. The Morgan fingerprint density at radius 3 is 2.05 bits per heavy atom. The highest BCUT2D eigenvalue weighted by atomic mass is 16.5. The molecular formula is C19H39NO.